The van der Waals surface area contributed by atoms with Gasteiger partial charge >= 0.3 is 0 Å². The fourth-order valence-corrected chi connectivity index (χ4v) is 2.81. The average Bonchev–Trinajstić information content (AvgIpc) is 2.57. The van der Waals surface area contributed by atoms with E-state index in [1.807, 2.05) is 43.3 Å². The van der Waals surface area contributed by atoms with E-state index in [2.05, 4.69) is 11.0 Å². The number of anilines is 1. The molecule has 0 spiro atoms. The van der Waals surface area contributed by atoms with E-state index in [0.29, 0.717) is 25.3 Å². The third-order valence-electron chi connectivity index (χ3n) is 3.95. The second-order valence-electron chi connectivity index (χ2n) is 5.55. The van der Waals surface area contributed by atoms with Crippen molar-refractivity contribution in [3.05, 3.63) is 53.6 Å². The number of Topliss-reactive ketones (excluding diaryl/α,β-unsaturated/α-hetero) is 1. The number of rotatable bonds is 5. The quantitative estimate of drug-likeness (QED) is 0.790. The minimum atomic E-state index is 0.0664. The first-order chi connectivity index (χ1) is 11.2. The highest BCUT2D eigenvalue weighted by molar-refractivity contribution is 5.94. The fourth-order valence-electron chi connectivity index (χ4n) is 2.81. The van der Waals surface area contributed by atoms with Crippen LogP contribution in [0, 0.1) is 0 Å². The third-order valence-corrected chi connectivity index (χ3v) is 3.95. The summed E-state index contributed by atoms with van der Waals surface area (Å²) in [6.07, 6.45) is 0. The van der Waals surface area contributed by atoms with Gasteiger partial charge in [0.15, 0.2) is 5.78 Å². The number of carbonyl (C=O) groups is 1. The summed E-state index contributed by atoms with van der Waals surface area (Å²) in [5.41, 5.74) is 2.82. The summed E-state index contributed by atoms with van der Waals surface area (Å²) in [5, 5.41) is 0. The number of fused-ring (bicyclic) bond motifs is 1. The predicted molar refractivity (Wildman–Crippen MR) is 90.6 cm³/mol. The SMILES string of the molecule is CCOc1ccc(C(C)=O)cc1CN1CCOc2ccccc21. The smallest absolute Gasteiger partial charge is 0.159 e. The zero-order chi connectivity index (χ0) is 16.2. The Balaban J connectivity index is 1.93. The molecule has 2 aromatic carbocycles. The Morgan fingerprint density at radius 2 is 2.09 bits per heavy atom. The number of hydrogen-bond donors (Lipinski definition) is 0. The van der Waals surface area contributed by atoms with Crippen LogP contribution < -0.4 is 14.4 Å². The Morgan fingerprint density at radius 3 is 2.87 bits per heavy atom. The standard InChI is InChI=1S/C19H21NO3/c1-3-22-18-9-8-15(14(2)21)12-16(18)13-20-10-11-23-19-7-5-4-6-17(19)20/h4-9,12H,3,10-11,13H2,1-2H3. The number of para-hydroxylation sites is 2. The molecule has 0 aliphatic carbocycles. The number of hydrogen-bond acceptors (Lipinski definition) is 4. The average molecular weight is 311 g/mol. The Bertz CT molecular complexity index is 712. The molecule has 1 aliphatic rings. The number of ketones is 1. The van der Waals surface area contributed by atoms with E-state index >= 15 is 0 Å². The highest BCUT2D eigenvalue weighted by Gasteiger charge is 2.19. The maximum absolute atomic E-state index is 11.7. The minimum Gasteiger partial charge on any atom is -0.494 e. The van der Waals surface area contributed by atoms with E-state index in [-0.39, 0.29) is 5.78 Å². The van der Waals surface area contributed by atoms with Gasteiger partial charge < -0.3 is 14.4 Å². The largest absolute Gasteiger partial charge is 0.494 e. The lowest BCUT2D eigenvalue weighted by Gasteiger charge is -2.31. The van der Waals surface area contributed by atoms with Gasteiger partial charge in [-0.1, -0.05) is 12.1 Å². The molecule has 0 aromatic heterocycles. The van der Waals surface area contributed by atoms with Crippen LogP contribution in [0.5, 0.6) is 11.5 Å². The van der Waals surface area contributed by atoms with Crippen molar-refractivity contribution in [1.29, 1.82) is 0 Å². The zero-order valence-corrected chi connectivity index (χ0v) is 13.5. The van der Waals surface area contributed by atoms with Crippen LogP contribution >= 0.6 is 0 Å². The maximum atomic E-state index is 11.7. The number of nitrogens with zero attached hydrogens (tertiary/aromatic N) is 1. The van der Waals surface area contributed by atoms with Crippen molar-refractivity contribution in [3.8, 4) is 11.5 Å². The van der Waals surface area contributed by atoms with Crippen molar-refractivity contribution in [2.75, 3.05) is 24.7 Å². The van der Waals surface area contributed by atoms with E-state index in [9.17, 15) is 4.79 Å². The van der Waals surface area contributed by atoms with E-state index in [0.717, 1.165) is 29.3 Å². The van der Waals surface area contributed by atoms with Crippen LogP contribution in [0.15, 0.2) is 42.5 Å². The summed E-state index contributed by atoms with van der Waals surface area (Å²) in [6.45, 7) is 6.32. The maximum Gasteiger partial charge on any atom is 0.159 e. The van der Waals surface area contributed by atoms with Gasteiger partial charge in [0, 0.05) is 17.7 Å². The van der Waals surface area contributed by atoms with Gasteiger partial charge in [0.25, 0.3) is 0 Å². The fraction of sp³-hybridized carbons (Fsp3) is 0.316. The first kappa shape index (κ1) is 15.4. The van der Waals surface area contributed by atoms with Gasteiger partial charge in [-0.25, -0.2) is 0 Å². The van der Waals surface area contributed by atoms with Crippen molar-refractivity contribution < 1.29 is 14.3 Å². The number of ether oxygens (including phenoxy) is 2. The monoisotopic (exact) mass is 311 g/mol. The highest BCUT2D eigenvalue weighted by atomic mass is 16.5. The molecule has 0 amide bonds. The van der Waals surface area contributed by atoms with Crippen molar-refractivity contribution in [1.82, 2.24) is 0 Å². The molecule has 0 unspecified atom stereocenters. The summed E-state index contributed by atoms with van der Waals surface area (Å²) in [6, 6.07) is 13.7. The molecule has 3 rings (SSSR count). The molecule has 0 radical (unpaired) electrons. The molecule has 4 nitrogen and oxygen atoms in total. The normalized spacial score (nSPS) is 13.2. The van der Waals surface area contributed by atoms with Crippen LogP contribution in [-0.4, -0.2) is 25.5 Å². The minimum absolute atomic E-state index is 0.0664. The zero-order valence-electron chi connectivity index (χ0n) is 13.5. The molecule has 0 fully saturated rings. The molecule has 0 saturated carbocycles. The highest BCUT2D eigenvalue weighted by Crippen LogP contribution is 2.33. The molecule has 4 heteroatoms. The summed E-state index contributed by atoms with van der Waals surface area (Å²) < 4.78 is 11.4. The molecule has 0 N–H and O–H groups in total. The topological polar surface area (TPSA) is 38.8 Å². The molecule has 23 heavy (non-hydrogen) atoms. The van der Waals surface area contributed by atoms with Crippen LogP contribution in [0.3, 0.4) is 0 Å². The first-order valence-electron chi connectivity index (χ1n) is 7.92. The molecule has 0 bridgehead atoms. The molecule has 0 atom stereocenters. The van der Waals surface area contributed by atoms with E-state index in [4.69, 9.17) is 9.47 Å². The van der Waals surface area contributed by atoms with Gasteiger partial charge in [-0.05, 0) is 44.2 Å². The van der Waals surface area contributed by atoms with E-state index < -0.39 is 0 Å². The van der Waals surface area contributed by atoms with Gasteiger partial charge in [-0.3, -0.25) is 4.79 Å². The van der Waals surface area contributed by atoms with E-state index in [1.54, 1.807) is 6.92 Å². The van der Waals surface area contributed by atoms with Crippen molar-refractivity contribution in [2.24, 2.45) is 0 Å². The van der Waals surface area contributed by atoms with Crippen LogP contribution in [0.4, 0.5) is 5.69 Å². The van der Waals surface area contributed by atoms with Crippen molar-refractivity contribution >= 4 is 11.5 Å². The molecular weight excluding hydrogens is 290 g/mol. The second kappa shape index (κ2) is 6.73. The van der Waals surface area contributed by atoms with Gasteiger partial charge in [-0.15, -0.1) is 0 Å². The Kier molecular flexibility index (Phi) is 4.51. The first-order valence-corrected chi connectivity index (χ1v) is 7.92. The summed E-state index contributed by atoms with van der Waals surface area (Å²) in [7, 11) is 0. The lowest BCUT2D eigenvalue weighted by Crippen LogP contribution is -2.32. The Hall–Kier alpha value is -2.49. The molecule has 1 heterocycles. The second-order valence-corrected chi connectivity index (χ2v) is 5.55. The van der Waals surface area contributed by atoms with E-state index in [1.165, 1.54) is 0 Å². The number of carbonyl (C=O) groups excluding carboxylic acids is 1. The summed E-state index contributed by atoms with van der Waals surface area (Å²) in [4.78, 5) is 13.9. The lowest BCUT2D eigenvalue weighted by atomic mass is 10.1. The molecule has 2 aromatic rings. The van der Waals surface area contributed by atoms with Gasteiger partial charge in [0.1, 0.15) is 18.1 Å². The molecule has 1 aliphatic heterocycles. The summed E-state index contributed by atoms with van der Waals surface area (Å²) in [5.74, 6) is 1.80. The molecule has 0 saturated heterocycles. The van der Waals surface area contributed by atoms with Gasteiger partial charge in [-0.2, -0.15) is 0 Å². The van der Waals surface area contributed by atoms with Crippen LogP contribution in [0.1, 0.15) is 29.8 Å². The Labute approximate surface area is 136 Å². The molecular formula is C19H21NO3. The van der Waals surface area contributed by atoms with Crippen molar-refractivity contribution in [3.63, 3.8) is 0 Å². The van der Waals surface area contributed by atoms with Crippen LogP contribution in [0.25, 0.3) is 0 Å². The predicted octanol–water partition coefficient (Wildman–Crippen LogP) is 3.69. The summed E-state index contributed by atoms with van der Waals surface area (Å²) >= 11 is 0. The lowest BCUT2D eigenvalue weighted by molar-refractivity contribution is 0.101. The van der Waals surface area contributed by atoms with Crippen molar-refractivity contribution in [2.45, 2.75) is 20.4 Å². The third kappa shape index (κ3) is 3.31. The van der Waals surface area contributed by atoms with Gasteiger partial charge in [0.2, 0.25) is 0 Å². The van der Waals surface area contributed by atoms with Crippen LogP contribution in [0.2, 0.25) is 0 Å². The molecule has 120 valence electrons. The van der Waals surface area contributed by atoms with Gasteiger partial charge in [0.05, 0.1) is 18.8 Å². The number of benzene rings is 2. The Morgan fingerprint density at radius 1 is 1.26 bits per heavy atom. The van der Waals surface area contributed by atoms with Crippen LogP contribution in [-0.2, 0) is 6.54 Å².